The van der Waals surface area contributed by atoms with E-state index in [1.165, 1.54) is 23.3 Å². The van der Waals surface area contributed by atoms with Gasteiger partial charge in [0.2, 0.25) is 0 Å². The van der Waals surface area contributed by atoms with Crippen LogP contribution in [-0.2, 0) is 13.1 Å². The summed E-state index contributed by atoms with van der Waals surface area (Å²) >= 11 is 0. The summed E-state index contributed by atoms with van der Waals surface area (Å²) in [4.78, 5) is 19.9. The molecule has 0 aliphatic heterocycles. The summed E-state index contributed by atoms with van der Waals surface area (Å²) in [5.41, 5.74) is 2.79. The normalized spacial score (nSPS) is 11.2. The molecule has 194 valence electrons. The minimum atomic E-state index is -0.696. The second-order valence-corrected chi connectivity index (χ2v) is 9.21. The lowest BCUT2D eigenvalue weighted by Crippen LogP contribution is -2.18. The number of imidazole rings is 2. The standard InChI is InChI=1S/C30H29F2N5O/c31-25-18-24(19-26(32)20-25)28-29(35-30(38)37(28)16-7-15-36-17-14-33-21-36)34-13-12-27(22-8-3-1-4-9-22)23-10-5-2-6-11-23/h1-6,8-11,14,17-21,27,34H,7,12-13,15-16H2,(H,35,38). The first-order valence-electron chi connectivity index (χ1n) is 12.7. The van der Waals surface area contributed by atoms with Crippen molar-refractivity contribution in [2.24, 2.45) is 0 Å². The Morgan fingerprint density at radius 2 is 1.55 bits per heavy atom. The number of anilines is 1. The van der Waals surface area contributed by atoms with E-state index in [1.54, 1.807) is 17.1 Å². The van der Waals surface area contributed by atoms with Crippen molar-refractivity contribution >= 4 is 5.82 Å². The maximum absolute atomic E-state index is 14.2. The van der Waals surface area contributed by atoms with Crippen molar-refractivity contribution in [1.29, 1.82) is 0 Å². The maximum Gasteiger partial charge on any atom is 0.327 e. The molecular formula is C30H29F2N5O. The van der Waals surface area contributed by atoms with Gasteiger partial charge in [-0.3, -0.25) is 9.55 Å². The highest BCUT2D eigenvalue weighted by atomic mass is 19.1. The van der Waals surface area contributed by atoms with Gasteiger partial charge in [-0.1, -0.05) is 60.7 Å². The van der Waals surface area contributed by atoms with E-state index < -0.39 is 11.6 Å². The minimum Gasteiger partial charge on any atom is -0.370 e. The zero-order chi connectivity index (χ0) is 26.3. The molecule has 0 aliphatic carbocycles. The monoisotopic (exact) mass is 513 g/mol. The van der Waals surface area contributed by atoms with Crippen molar-refractivity contribution in [1.82, 2.24) is 19.1 Å². The van der Waals surface area contributed by atoms with Crippen molar-refractivity contribution < 1.29 is 8.78 Å². The van der Waals surface area contributed by atoms with Crippen LogP contribution in [0.15, 0.2) is 102 Å². The summed E-state index contributed by atoms with van der Waals surface area (Å²) in [6.45, 7) is 1.57. The van der Waals surface area contributed by atoms with Crippen molar-refractivity contribution in [3.05, 3.63) is 131 Å². The molecule has 2 heterocycles. The Hall–Kier alpha value is -4.46. The fourth-order valence-electron chi connectivity index (χ4n) is 4.87. The number of halogens is 2. The third kappa shape index (κ3) is 5.91. The molecule has 3 aromatic carbocycles. The Labute approximate surface area is 219 Å². The molecule has 8 heteroatoms. The highest BCUT2D eigenvalue weighted by molar-refractivity contribution is 5.72. The molecule has 0 saturated carbocycles. The number of hydrogen-bond acceptors (Lipinski definition) is 3. The molecule has 2 N–H and O–H groups in total. The van der Waals surface area contributed by atoms with Crippen LogP contribution in [0.3, 0.4) is 0 Å². The Morgan fingerprint density at radius 1 is 0.895 bits per heavy atom. The molecule has 38 heavy (non-hydrogen) atoms. The van der Waals surface area contributed by atoms with Gasteiger partial charge in [0.25, 0.3) is 0 Å². The zero-order valence-corrected chi connectivity index (χ0v) is 20.9. The van der Waals surface area contributed by atoms with E-state index >= 15 is 0 Å². The van der Waals surface area contributed by atoms with Crippen LogP contribution >= 0.6 is 0 Å². The van der Waals surface area contributed by atoms with Crippen LogP contribution in [0.4, 0.5) is 14.6 Å². The third-order valence-electron chi connectivity index (χ3n) is 6.62. The third-order valence-corrected chi connectivity index (χ3v) is 6.62. The van der Waals surface area contributed by atoms with Gasteiger partial charge in [-0.15, -0.1) is 0 Å². The summed E-state index contributed by atoms with van der Waals surface area (Å²) in [5.74, 6) is -0.804. The van der Waals surface area contributed by atoms with E-state index in [4.69, 9.17) is 0 Å². The molecule has 0 unspecified atom stereocenters. The second kappa shape index (κ2) is 11.7. The van der Waals surface area contributed by atoms with E-state index in [-0.39, 0.29) is 11.6 Å². The number of nitrogens with one attached hydrogen (secondary N) is 2. The first-order valence-corrected chi connectivity index (χ1v) is 12.7. The van der Waals surface area contributed by atoms with E-state index in [0.29, 0.717) is 43.1 Å². The lowest BCUT2D eigenvalue weighted by Gasteiger charge is -2.19. The van der Waals surface area contributed by atoms with Crippen LogP contribution in [0, 0.1) is 11.6 Å². The fourth-order valence-corrected chi connectivity index (χ4v) is 4.87. The number of rotatable bonds is 11. The highest BCUT2D eigenvalue weighted by Crippen LogP contribution is 2.30. The van der Waals surface area contributed by atoms with Crippen molar-refractivity contribution in [2.45, 2.75) is 31.8 Å². The summed E-state index contributed by atoms with van der Waals surface area (Å²) in [6, 6.07) is 23.8. The highest BCUT2D eigenvalue weighted by Gasteiger charge is 2.19. The number of nitrogens with zero attached hydrogens (tertiary/aromatic N) is 3. The molecule has 0 aliphatic rings. The molecule has 0 spiro atoms. The van der Waals surface area contributed by atoms with Crippen LogP contribution in [0.25, 0.3) is 11.3 Å². The Kier molecular flexibility index (Phi) is 7.78. The van der Waals surface area contributed by atoms with Crippen molar-refractivity contribution in [2.75, 3.05) is 11.9 Å². The van der Waals surface area contributed by atoms with Gasteiger partial charge in [0.1, 0.15) is 17.5 Å². The molecule has 0 radical (unpaired) electrons. The average Bonchev–Trinajstić information content (AvgIpc) is 3.55. The number of benzene rings is 3. The minimum absolute atomic E-state index is 0.143. The second-order valence-electron chi connectivity index (χ2n) is 9.21. The predicted molar refractivity (Wildman–Crippen MR) is 145 cm³/mol. The Balaban J connectivity index is 1.40. The predicted octanol–water partition coefficient (Wildman–Crippen LogP) is 6.04. The SMILES string of the molecule is O=c1[nH]c(NCCC(c2ccccc2)c2ccccc2)c(-c2cc(F)cc(F)c2)n1CCCn1ccnc1. The molecule has 6 nitrogen and oxygen atoms in total. The van der Waals surface area contributed by atoms with Crippen LogP contribution in [0.5, 0.6) is 0 Å². The molecule has 2 aromatic heterocycles. The quantitative estimate of drug-likeness (QED) is 0.226. The van der Waals surface area contributed by atoms with E-state index in [0.717, 1.165) is 12.5 Å². The summed E-state index contributed by atoms with van der Waals surface area (Å²) in [5, 5.41) is 3.35. The number of hydrogen-bond donors (Lipinski definition) is 2. The Bertz CT molecular complexity index is 1450. The maximum atomic E-state index is 14.2. The Morgan fingerprint density at radius 3 is 2.16 bits per heavy atom. The van der Waals surface area contributed by atoms with Crippen molar-refractivity contribution in [3.8, 4) is 11.3 Å². The number of aromatic nitrogens is 4. The molecule has 0 atom stereocenters. The zero-order valence-electron chi connectivity index (χ0n) is 20.9. The molecular weight excluding hydrogens is 484 g/mol. The molecule has 5 rings (SSSR count). The number of H-pyrrole nitrogens is 1. The van der Waals surface area contributed by atoms with Crippen LogP contribution in [0.2, 0.25) is 0 Å². The van der Waals surface area contributed by atoms with Gasteiger partial charge in [-0.2, -0.15) is 0 Å². The van der Waals surface area contributed by atoms with Gasteiger partial charge in [0.05, 0.1) is 12.0 Å². The fraction of sp³-hybridized carbons (Fsp3) is 0.200. The van der Waals surface area contributed by atoms with Crippen LogP contribution < -0.4 is 11.0 Å². The molecule has 0 bridgehead atoms. The van der Waals surface area contributed by atoms with Gasteiger partial charge in [-0.05, 0) is 36.1 Å². The van der Waals surface area contributed by atoms with Gasteiger partial charge < -0.3 is 9.88 Å². The molecule has 0 amide bonds. The van der Waals surface area contributed by atoms with Gasteiger partial charge in [0.15, 0.2) is 0 Å². The van der Waals surface area contributed by atoms with E-state index in [9.17, 15) is 13.6 Å². The van der Waals surface area contributed by atoms with E-state index in [2.05, 4.69) is 39.6 Å². The molecule has 0 fully saturated rings. The lowest BCUT2D eigenvalue weighted by atomic mass is 9.88. The first kappa shape index (κ1) is 25.2. The first-order chi connectivity index (χ1) is 18.6. The van der Waals surface area contributed by atoms with E-state index in [1.807, 2.05) is 47.2 Å². The van der Waals surface area contributed by atoms with Gasteiger partial charge in [-0.25, -0.2) is 18.6 Å². The lowest BCUT2D eigenvalue weighted by molar-refractivity contribution is 0.555. The largest absolute Gasteiger partial charge is 0.370 e. The van der Waals surface area contributed by atoms with Gasteiger partial charge in [0, 0.05) is 49.6 Å². The van der Waals surface area contributed by atoms with Crippen molar-refractivity contribution in [3.63, 3.8) is 0 Å². The summed E-state index contributed by atoms with van der Waals surface area (Å²) in [6.07, 6.45) is 6.65. The van der Waals surface area contributed by atoms with Gasteiger partial charge >= 0.3 is 5.69 Å². The molecule has 0 saturated heterocycles. The summed E-state index contributed by atoms with van der Waals surface area (Å²) < 4.78 is 31.8. The number of aromatic amines is 1. The molecule has 5 aromatic rings. The number of aryl methyl sites for hydroxylation is 1. The summed E-state index contributed by atoms with van der Waals surface area (Å²) in [7, 11) is 0. The van der Waals surface area contributed by atoms with Crippen LogP contribution in [0.1, 0.15) is 29.9 Å². The van der Waals surface area contributed by atoms with Crippen LogP contribution in [-0.4, -0.2) is 25.6 Å². The topological polar surface area (TPSA) is 67.6 Å². The average molecular weight is 514 g/mol. The smallest absolute Gasteiger partial charge is 0.327 e.